The summed E-state index contributed by atoms with van der Waals surface area (Å²) >= 11 is 5.60. The topological polar surface area (TPSA) is 41.1 Å². The zero-order chi connectivity index (χ0) is 14.3. The minimum absolute atomic E-state index is 0.00824. The van der Waals surface area contributed by atoms with Gasteiger partial charge in [-0.2, -0.15) is 0 Å². The molecule has 0 radical (unpaired) electrons. The Balaban J connectivity index is 1.92. The van der Waals surface area contributed by atoms with Gasteiger partial charge in [0.2, 0.25) is 0 Å². The molecule has 1 atom stereocenters. The number of nitrogens with one attached hydrogen (secondary N) is 2. The van der Waals surface area contributed by atoms with Gasteiger partial charge in [0.25, 0.3) is 5.91 Å². The van der Waals surface area contributed by atoms with E-state index in [1.165, 1.54) is 30.3 Å². The van der Waals surface area contributed by atoms with E-state index in [4.69, 9.17) is 11.6 Å². The molecule has 0 bridgehead atoms. The lowest BCUT2D eigenvalue weighted by atomic mass is 10.1. The van der Waals surface area contributed by atoms with Gasteiger partial charge in [-0.3, -0.25) is 4.79 Å². The molecular weight excluding hydrogens is 286 g/mol. The molecule has 20 heavy (non-hydrogen) atoms. The van der Waals surface area contributed by atoms with Crippen LogP contribution in [0.3, 0.4) is 0 Å². The molecule has 0 aromatic heterocycles. The van der Waals surface area contributed by atoms with Crippen LogP contribution in [0.5, 0.6) is 0 Å². The standard InChI is InChI=1S/C14H9ClF2N2O/c15-10-4-2-8(6-11(10)17)18-13-9-3-1-7(16)5-12(9)19-14(13)20/h1-6,13,18H,(H,19,20). The molecule has 0 saturated carbocycles. The van der Waals surface area contributed by atoms with E-state index in [0.717, 1.165) is 0 Å². The maximum Gasteiger partial charge on any atom is 0.251 e. The molecule has 1 amide bonds. The molecule has 2 aromatic rings. The van der Waals surface area contributed by atoms with E-state index in [1.807, 2.05) is 0 Å². The number of fused-ring (bicyclic) bond motifs is 1. The third kappa shape index (κ3) is 2.20. The Hall–Kier alpha value is -2.14. The molecule has 6 heteroatoms. The Morgan fingerprint density at radius 2 is 1.95 bits per heavy atom. The van der Waals surface area contributed by atoms with Gasteiger partial charge >= 0.3 is 0 Å². The normalized spacial score (nSPS) is 16.8. The number of rotatable bonds is 2. The Labute approximate surface area is 118 Å². The number of hydrogen-bond donors (Lipinski definition) is 2. The third-order valence-corrected chi connectivity index (χ3v) is 3.38. The van der Waals surface area contributed by atoms with Crippen LogP contribution < -0.4 is 10.6 Å². The molecule has 102 valence electrons. The first-order chi connectivity index (χ1) is 9.54. The molecule has 1 aliphatic rings. The van der Waals surface area contributed by atoms with Crippen LogP contribution in [0.15, 0.2) is 36.4 Å². The van der Waals surface area contributed by atoms with Gasteiger partial charge in [-0.25, -0.2) is 8.78 Å². The number of amides is 1. The first-order valence-electron chi connectivity index (χ1n) is 5.86. The Morgan fingerprint density at radius 3 is 2.70 bits per heavy atom. The van der Waals surface area contributed by atoms with Gasteiger partial charge in [0, 0.05) is 16.9 Å². The lowest BCUT2D eigenvalue weighted by Crippen LogP contribution is -2.19. The highest BCUT2D eigenvalue weighted by Gasteiger charge is 2.30. The minimum Gasteiger partial charge on any atom is -0.370 e. The molecule has 3 nitrogen and oxygen atoms in total. The smallest absolute Gasteiger partial charge is 0.251 e. The lowest BCUT2D eigenvalue weighted by Gasteiger charge is -2.13. The summed E-state index contributed by atoms with van der Waals surface area (Å²) in [6.07, 6.45) is 0. The second-order valence-corrected chi connectivity index (χ2v) is 4.83. The summed E-state index contributed by atoms with van der Waals surface area (Å²) in [6, 6.07) is 7.53. The number of anilines is 2. The molecule has 0 saturated heterocycles. The van der Waals surface area contributed by atoms with Gasteiger partial charge in [-0.15, -0.1) is 0 Å². The fourth-order valence-electron chi connectivity index (χ4n) is 2.13. The van der Waals surface area contributed by atoms with Gasteiger partial charge in [-0.1, -0.05) is 17.7 Å². The van der Waals surface area contributed by atoms with Crippen LogP contribution in [-0.4, -0.2) is 5.91 Å². The highest BCUT2D eigenvalue weighted by atomic mass is 35.5. The van der Waals surface area contributed by atoms with Crippen molar-refractivity contribution in [1.82, 2.24) is 0 Å². The summed E-state index contributed by atoms with van der Waals surface area (Å²) in [6.45, 7) is 0. The van der Waals surface area contributed by atoms with E-state index in [1.54, 1.807) is 6.07 Å². The van der Waals surface area contributed by atoms with E-state index >= 15 is 0 Å². The van der Waals surface area contributed by atoms with Crippen LogP contribution >= 0.6 is 11.6 Å². The van der Waals surface area contributed by atoms with E-state index in [2.05, 4.69) is 10.6 Å². The largest absolute Gasteiger partial charge is 0.370 e. The van der Waals surface area contributed by atoms with Crippen molar-refractivity contribution in [3.05, 3.63) is 58.6 Å². The summed E-state index contributed by atoms with van der Waals surface area (Å²) < 4.78 is 26.5. The Bertz CT molecular complexity index is 706. The van der Waals surface area contributed by atoms with Crippen molar-refractivity contribution < 1.29 is 13.6 Å². The van der Waals surface area contributed by atoms with Crippen molar-refractivity contribution in [2.45, 2.75) is 6.04 Å². The van der Waals surface area contributed by atoms with Crippen molar-refractivity contribution >= 4 is 28.9 Å². The van der Waals surface area contributed by atoms with E-state index in [0.29, 0.717) is 16.9 Å². The lowest BCUT2D eigenvalue weighted by molar-refractivity contribution is -0.116. The zero-order valence-electron chi connectivity index (χ0n) is 10.1. The predicted molar refractivity (Wildman–Crippen MR) is 72.8 cm³/mol. The van der Waals surface area contributed by atoms with Gasteiger partial charge in [-0.05, 0) is 30.3 Å². The van der Waals surface area contributed by atoms with Gasteiger partial charge in [0.05, 0.1) is 5.02 Å². The first-order valence-corrected chi connectivity index (χ1v) is 6.24. The maximum absolute atomic E-state index is 13.4. The van der Waals surface area contributed by atoms with Gasteiger partial charge in [0.15, 0.2) is 0 Å². The Kier molecular flexibility index (Phi) is 3.06. The molecule has 1 unspecified atom stereocenters. The van der Waals surface area contributed by atoms with Crippen molar-refractivity contribution in [3.63, 3.8) is 0 Å². The second kappa shape index (κ2) is 4.76. The average Bonchev–Trinajstić information content (AvgIpc) is 2.69. The fraction of sp³-hybridized carbons (Fsp3) is 0.0714. The van der Waals surface area contributed by atoms with Crippen LogP contribution in [0.1, 0.15) is 11.6 Å². The molecule has 0 aliphatic carbocycles. The van der Waals surface area contributed by atoms with Gasteiger partial charge < -0.3 is 10.6 Å². The highest BCUT2D eigenvalue weighted by molar-refractivity contribution is 6.30. The van der Waals surface area contributed by atoms with Crippen LogP contribution in [0.25, 0.3) is 0 Å². The summed E-state index contributed by atoms with van der Waals surface area (Å²) in [5.74, 6) is -1.32. The molecular formula is C14H9ClF2N2O. The SMILES string of the molecule is O=C1Nc2cc(F)ccc2C1Nc1ccc(Cl)c(F)c1. The summed E-state index contributed by atoms with van der Waals surface area (Å²) in [5, 5.41) is 5.48. The fourth-order valence-corrected chi connectivity index (χ4v) is 2.25. The number of carbonyl (C=O) groups is 1. The quantitative estimate of drug-likeness (QED) is 0.886. The number of hydrogen-bond acceptors (Lipinski definition) is 2. The first kappa shape index (κ1) is 12.9. The summed E-state index contributed by atoms with van der Waals surface area (Å²) in [7, 11) is 0. The molecule has 1 heterocycles. The van der Waals surface area contributed by atoms with Gasteiger partial charge in [0.1, 0.15) is 17.7 Å². The number of halogens is 3. The zero-order valence-corrected chi connectivity index (χ0v) is 10.8. The monoisotopic (exact) mass is 294 g/mol. The Morgan fingerprint density at radius 1 is 1.15 bits per heavy atom. The van der Waals surface area contributed by atoms with Crippen molar-refractivity contribution in [2.75, 3.05) is 10.6 Å². The van der Waals surface area contributed by atoms with Crippen LogP contribution in [0.2, 0.25) is 5.02 Å². The van der Waals surface area contributed by atoms with E-state index in [9.17, 15) is 13.6 Å². The van der Waals surface area contributed by atoms with Crippen LogP contribution in [-0.2, 0) is 4.79 Å². The van der Waals surface area contributed by atoms with Crippen molar-refractivity contribution in [1.29, 1.82) is 0 Å². The highest BCUT2D eigenvalue weighted by Crippen LogP contribution is 2.34. The molecule has 0 fully saturated rings. The summed E-state index contributed by atoms with van der Waals surface area (Å²) in [4.78, 5) is 11.9. The second-order valence-electron chi connectivity index (χ2n) is 4.43. The molecule has 0 spiro atoms. The number of carbonyl (C=O) groups excluding carboxylic acids is 1. The minimum atomic E-state index is -0.689. The average molecular weight is 295 g/mol. The van der Waals surface area contributed by atoms with E-state index < -0.39 is 17.7 Å². The number of benzene rings is 2. The molecule has 1 aliphatic heterocycles. The summed E-state index contributed by atoms with van der Waals surface area (Å²) in [5.41, 5.74) is 1.46. The molecule has 2 aromatic carbocycles. The van der Waals surface area contributed by atoms with Crippen molar-refractivity contribution in [2.24, 2.45) is 0 Å². The van der Waals surface area contributed by atoms with Crippen LogP contribution in [0.4, 0.5) is 20.2 Å². The molecule has 3 rings (SSSR count). The third-order valence-electron chi connectivity index (χ3n) is 3.08. The van der Waals surface area contributed by atoms with Crippen molar-refractivity contribution in [3.8, 4) is 0 Å². The van der Waals surface area contributed by atoms with E-state index in [-0.39, 0.29) is 10.9 Å². The van der Waals surface area contributed by atoms with Crippen LogP contribution in [0, 0.1) is 11.6 Å². The molecule has 2 N–H and O–H groups in total. The maximum atomic E-state index is 13.4. The predicted octanol–water partition coefficient (Wildman–Crippen LogP) is 3.72.